The molecule has 1 aliphatic heterocycles. The van der Waals surface area contributed by atoms with Crippen molar-refractivity contribution in [3.8, 4) is 5.75 Å². The molecule has 0 fully saturated rings. The van der Waals surface area contributed by atoms with Crippen LogP contribution in [0.3, 0.4) is 0 Å². The molecule has 4 aromatic rings. The molecule has 1 aliphatic rings. The summed E-state index contributed by atoms with van der Waals surface area (Å²) in [7, 11) is 1.70. The van der Waals surface area contributed by atoms with Crippen LogP contribution in [0.4, 0.5) is 5.69 Å². The van der Waals surface area contributed by atoms with Gasteiger partial charge in [-0.25, -0.2) is 0 Å². The third-order valence-corrected chi connectivity index (χ3v) is 6.12. The number of hydrogen-bond acceptors (Lipinski definition) is 2. The van der Waals surface area contributed by atoms with E-state index in [1.165, 1.54) is 33.5 Å². The Balaban J connectivity index is 1.69. The summed E-state index contributed by atoms with van der Waals surface area (Å²) < 4.78 is 5.38. The number of halogens is 1. The average molecular weight is 403 g/mol. The van der Waals surface area contributed by atoms with E-state index in [0.717, 1.165) is 29.3 Å². The molecule has 3 nitrogen and oxygen atoms in total. The van der Waals surface area contributed by atoms with Gasteiger partial charge in [-0.2, -0.15) is 0 Å². The molecule has 0 amide bonds. The Labute approximate surface area is 175 Å². The highest BCUT2D eigenvalue weighted by Crippen LogP contribution is 2.41. The van der Waals surface area contributed by atoms with Crippen LogP contribution in [0.2, 0.25) is 5.02 Å². The van der Waals surface area contributed by atoms with Crippen molar-refractivity contribution in [2.75, 3.05) is 18.6 Å². The number of fused-ring (bicyclic) bond motifs is 3. The lowest BCUT2D eigenvalue weighted by atomic mass is 9.91. The molecular weight excluding hydrogens is 380 g/mol. The molecule has 1 aromatic heterocycles. The first kappa shape index (κ1) is 18.1. The Bertz CT molecular complexity index is 1160. The fourth-order valence-electron chi connectivity index (χ4n) is 4.41. The standard InChI is InChI=1S/C25H23ClN2O/c1-16-3-8-19(9-4-16)28-14-13-21-22-15-18(26)7-12-23(22)27-24(21)25(28)17-5-10-20(29-2)11-6-17/h3-12,15,25,27H,13-14H2,1-2H3. The number of ether oxygens (including phenoxy) is 1. The molecule has 0 saturated heterocycles. The minimum Gasteiger partial charge on any atom is -0.497 e. The van der Waals surface area contributed by atoms with Crippen molar-refractivity contribution in [2.24, 2.45) is 0 Å². The minimum absolute atomic E-state index is 0.110. The van der Waals surface area contributed by atoms with E-state index in [1.807, 2.05) is 18.2 Å². The van der Waals surface area contributed by atoms with Crippen LogP contribution < -0.4 is 9.64 Å². The highest BCUT2D eigenvalue weighted by molar-refractivity contribution is 6.31. The quantitative estimate of drug-likeness (QED) is 0.436. The smallest absolute Gasteiger partial charge is 0.118 e. The van der Waals surface area contributed by atoms with Gasteiger partial charge in [0.25, 0.3) is 0 Å². The number of benzene rings is 3. The molecule has 0 radical (unpaired) electrons. The number of aryl methyl sites for hydroxylation is 1. The second kappa shape index (κ2) is 7.16. The first-order chi connectivity index (χ1) is 14.1. The highest BCUT2D eigenvalue weighted by Gasteiger charge is 2.32. The predicted octanol–water partition coefficient (Wildman–Crippen LogP) is 6.29. The lowest BCUT2D eigenvalue weighted by Crippen LogP contribution is -2.36. The van der Waals surface area contributed by atoms with Gasteiger partial charge in [-0.15, -0.1) is 0 Å². The van der Waals surface area contributed by atoms with Crippen molar-refractivity contribution in [3.05, 3.63) is 94.1 Å². The van der Waals surface area contributed by atoms with E-state index in [-0.39, 0.29) is 6.04 Å². The third kappa shape index (κ3) is 3.16. The van der Waals surface area contributed by atoms with E-state index in [0.29, 0.717) is 0 Å². The van der Waals surface area contributed by atoms with E-state index >= 15 is 0 Å². The Morgan fingerprint density at radius 1 is 1.00 bits per heavy atom. The summed E-state index contributed by atoms with van der Waals surface area (Å²) in [6.07, 6.45) is 0.982. The molecule has 2 heterocycles. The van der Waals surface area contributed by atoms with Crippen LogP contribution in [0, 0.1) is 6.92 Å². The molecule has 5 rings (SSSR count). The van der Waals surface area contributed by atoms with E-state index < -0.39 is 0 Å². The normalized spacial score (nSPS) is 16.1. The Hall–Kier alpha value is -2.91. The van der Waals surface area contributed by atoms with Crippen molar-refractivity contribution in [1.29, 1.82) is 0 Å². The van der Waals surface area contributed by atoms with Gasteiger partial charge in [-0.1, -0.05) is 41.4 Å². The topological polar surface area (TPSA) is 28.3 Å². The van der Waals surface area contributed by atoms with Crippen LogP contribution in [-0.2, 0) is 6.42 Å². The molecule has 0 saturated carbocycles. The van der Waals surface area contributed by atoms with Gasteiger partial charge >= 0.3 is 0 Å². The summed E-state index contributed by atoms with van der Waals surface area (Å²) in [5, 5.41) is 2.01. The maximum Gasteiger partial charge on any atom is 0.118 e. The number of aromatic nitrogens is 1. The molecule has 1 N–H and O–H groups in total. The molecule has 0 bridgehead atoms. The van der Waals surface area contributed by atoms with Crippen LogP contribution in [0.15, 0.2) is 66.7 Å². The van der Waals surface area contributed by atoms with Gasteiger partial charge in [0.05, 0.1) is 13.2 Å². The zero-order chi connectivity index (χ0) is 20.0. The average Bonchev–Trinajstić information content (AvgIpc) is 3.11. The van der Waals surface area contributed by atoms with E-state index in [2.05, 4.69) is 65.3 Å². The van der Waals surface area contributed by atoms with Crippen molar-refractivity contribution in [3.63, 3.8) is 0 Å². The zero-order valence-corrected chi connectivity index (χ0v) is 17.3. The first-order valence-corrected chi connectivity index (χ1v) is 10.3. The number of anilines is 1. The number of aromatic amines is 1. The third-order valence-electron chi connectivity index (χ3n) is 5.89. The molecule has 3 aromatic carbocycles. The van der Waals surface area contributed by atoms with E-state index in [1.54, 1.807) is 7.11 Å². The number of H-pyrrole nitrogens is 1. The molecule has 1 atom stereocenters. The molecular formula is C25H23ClN2O. The monoisotopic (exact) mass is 402 g/mol. The first-order valence-electron chi connectivity index (χ1n) is 9.91. The molecule has 0 spiro atoms. The van der Waals surface area contributed by atoms with Crippen LogP contribution in [-0.4, -0.2) is 18.6 Å². The summed E-state index contributed by atoms with van der Waals surface area (Å²) in [6.45, 7) is 3.08. The van der Waals surface area contributed by atoms with Gasteiger partial charge in [0, 0.05) is 33.9 Å². The summed E-state index contributed by atoms with van der Waals surface area (Å²) in [5.41, 5.74) is 7.51. The lowest BCUT2D eigenvalue weighted by molar-refractivity contribution is 0.414. The van der Waals surface area contributed by atoms with Crippen LogP contribution in [0.1, 0.15) is 28.4 Å². The second-order valence-corrected chi connectivity index (χ2v) is 8.10. The largest absolute Gasteiger partial charge is 0.497 e. The Morgan fingerprint density at radius 3 is 2.48 bits per heavy atom. The van der Waals surface area contributed by atoms with Crippen LogP contribution in [0.5, 0.6) is 5.75 Å². The number of hydrogen-bond donors (Lipinski definition) is 1. The van der Waals surface area contributed by atoms with Crippen LogP contribution in [0.25, 0.3) is 10.9 Å². The van der Waals surface area contributed by atoms with Crippen molar-refractivity contribution >= 4 is 28.2 Å². The Kier molecular flexibility index (Phi) is 4.48. The van der Waals surface area contributed by atoms with Gasteiger partial charge in [0.15, 0.2) is 0 Å². The lowest BCUT2D eigenvalue weighted by Gasteiger charge is -2.38. The summed E-state index contributed by atoms with van der Waals surface area (Å²) in [5.74, 6) is 0.870. The molecule has 4 heteroatoms. The van der Waals surface area contributed by atoms with Crippen molar-refractivity contribution < 1.29 is 4.74 Å². The number of nitrogens with zero attached hydrogens (tertiary/aromatic N) is 1. The Morgan fingerprint density at radius 2 is 1.76 bits per heavy atom. The van der Waals surface area contributed by atoms with Crippen LogP contribution >= 0.6 is 11.6 Å². The number of nitrogens with one attached hydrogen (secondary N) is 1. The molecule has 146 valence electrons. The van der Waals surface area contributed by atoms with Gasteiger partial charge < -0.3 is 14.6 Å². The van der Waals surface area contributed by atoms with Crippen molar-refractivity contribution in [1.82, 2.24) is 4.98 Å². The zero-order valence-electron chi connectivity index (χ0n) is 16.6. The predicted molar refractivity (Wildman–Crippen MR) is 120 cm³/mol. The van der Waals surface area contributed by atoms with Crippen molar-refractivity contribution in [2.45, 2.75) is 19.4 Å². The number of rotatable bonds is 3. The van der Waals surface area contributed by atoms with Gasteiger partial charge in [-0.3, -0.25) is 0 Å². The molecule has 1 unspecified atom stereocenters. The summed E-state index contributed by atoms with van der Waals surface area (Å²) in [4.78, 5) is 6.19. The summed E-state index contributed by atoms with van der Waals surface area (Å²) in [6, 6.07) is 23.4. The SMILES string of the molecule is COc1ccc(C2c3[nH]c4ccc(Cl)cc4c3CCN2c2ccc(C)cc2)cc1. The maximum atomic E-state index is 6.31. The molecule has 29 heavy (non-hydrogen) atoms. The van der Waals surface area contributed by atoms with Gasteiger partial charge in [0.2, 0.25) is 0 Å². The van der Waals surface area contributed by atoms with E-state index in [9.17, 15) is 0 Å². The second-order valence-electron chi connectivity index (χ2n) is 7.66. The maximum absolute atomic E-state index is 6.31. The fourth-order valence-corrected chi connectivity index (χ4v) is 4.58. The molecule has 0 aliphatic carbocycles. The van der Waals surface area contributed by atoms with Gasteiger partial charge in [-0.05, 0) is 66.9 Å². The fraction of sp³-hybridized carbons (Fsp3) is 0.200. The van der Waals surface area contributed by atoms with E-state index in [4.69, 9.17) is 16.3 Å². The summed E-state index contributed by atoms with van der Waals surface area (Å²) >= 11 is 6.31. The highest BCUT2D eigenvalue weighted by atomic mass is 35.5. The minimum atomic E-state index is 0.110. The van der Waals surface area contributed by atoms with Gasteiger partial charge in [0.1, 0.15) is 5.75 Å². The number of methoxy groups -OCH3 is 1.